The summed E-state index contributed by atoms with van der Waals surface area (Å²) < 4.78 is 15.9. The van der Waals surface area contributed by atoms with Gasteiger partial charge in [-0.25, -0.2) is 0 Å². The lowest BCUT2D eigenvalue weighted by Crippen LogP contribution is -2.30. The molecule has 35 heavy (non-hydrogen) atoms. The number of ether oxygens (including phenoxy) is 3. The molecule has 0 aromatic heterocycles. The topological polar surface area (TPSA) is 123 Å². The molecule has 1 heterocycles. The molecule has 0 bridgehead atoms. The standard InChI is InChI=1S/C26H29NO8/c1-33-18-11-8-16(9-12-18)24(30)22-23(17-10-13-19(34-2)20(15-17)35-3)27(26(32)25(22)31)14-6-4-5-7-21(28)29/h8-13,15,23,30H,4-7,14H2,1-3H3,(H,28,29)/b24-22+. The van der Waals surface area contributed by atoms with Crippen LogP contribution in [0.1, 0.15) is 42.9 Å². The number of methoxy groups -OCH3 is 3. The number of carbonyl (C=O) groups excluding carboxylic acids is 2. The van der Waals surface area contributed by atoms with Crippen LogP contribution in [0.3, 0.4) is 0 Å². The van der Waals surface area contributed by atoms with E-state index in [1.54, 1.807) is 42.5 Å². The SMILES string of the molecule is COc1ccc(/C(O)=C2\C(=O)C(=O)N(CCCCCC(=O)O)C2c2ccc(OC)c(OC)c2)cc1. The van der Waals surface area contributed by atoms with Gasteiger partial charge in [-0.1, -0.05) is 12.5 Å². The van der Waals surface area contributed by atoms with E-state index in [9.17, 15) is 19.5 Å². The van der Waals surface area contributed by atoms with Crippen LogP contribution < -0.4 is 14.2 Å². The fraction of sp³-hybridized carbons (Fsp3) is 0.346. The molecule has 2 aromatic carbocycles. The number of Topliss-reactive ketones (excluding diaryl/α,β-unsaturated/α-hetero) is 1. The summed E-state index contributed by atoms with van der Waals surface area (Å²) in [4.78, 5) is 38.4. The van der Waals surface area contributed by atoms with Gasteiger partial charge in [0.15, 0.2) is 11.5 Å². The van der Waals surface area contributed by atoms with Crippen molar-refractivity contribution in [2.75, 3.05) is 27.9 Å². The van der Waals surface area contributed by atoms with Gasteiger partial charge in [0.25, 0.3) is 11.7 Å². The highest BCUT2D eigenvalue weighted by atomic mass is 16.5. The van der Waals surface area contributed by atoms with Crippen LogP contribution in [0.25, 0.3) is 5.76 Å². The van der Waals surface area contributed by atoms with E-state index in [0.29, 0.717) is 47.6 Å². The molecule has 186 valence electrons. The zero-order valence-corrected chi connectivity index (χ0v) is 19.9. The number of aliphatic carboxylic acids is 1. The highest BCUT2D eigenvalue weighted by molar-refractivity contribution is 6.46. The van der Waals surface area contributed by atoms with Crippen molar-refractivity contribution < 1.29 is 38.8 Å². The van der Waals surface area contributed by atoms with Gasteiger partial charge in [0, 0.05) is 18.5 Å². The van der Waals surface area contributed by atoms with E-state index >= 15 is 0 Å². The van der Waals surface area contributed by atoms with Crippen LogP contribution in [0.2, 0.25) is 0 Å². The van der Waals surface area contributed by atoms with E-state index in [0.717, 1.165) is 0 Å². The quantitative estimate of drug-likeness (QED) is 0.214. The molecule has 9 nitrogen and oxygen atoms in total. The molecule has 1 atom stereocenters. The number of nitrogens with zero attached hydrogens (tertiary/aromatic N) is 1. The summed E-state index contributed by atoms with van der Waals surface area (Å²) in [5.74, 6) is -1.20. The number of aliphatic hydroxyl groups excluding tert-OH is 1. The molecule has 2 N–H and O–H groups in total. The molecule has 2 aromatic rings. The second-order valence-electron chi connectivity index (χ2n) is 8.04. The molecule has 1 amide bonds. The highest BCUT2D eigenvalue weighted by Gasteiger charge is 2.46. The van der Waals surface area contributed by atoms with Crippen LogP contribution in [-0.4, -0.2) is 60.6 Å². The number of rotatable bonds is 11. The van der Waals surface area contributed by atoms with E-state index < -0.39 is 23.7 Å². The van der Waals surface area contributed by atoms with Crippen LogP contribution in [0.4, 0.5) is 0 Å². The number of likely N-dealkylation sites (tertiary alicyclic amines) is 1. The lowest BCUT2D eigenvalue weighted by molar-refractivity contribution is -0.140. The summed E-state index contributed by atoms with van der Waals surface area (Å²) in [5.41, 5.74) is 0.913. The maximum absolute atomic E-state index is 13.1. The first-order valence-corrected chi connectivity index (χ1v) is 11.2. The smallest absolute Gasteiger partial charge is 0.303 e. The van der Waals surface area contributed by atoms with Crippen molar-refractivity contribution in [3.63, 3.8) is 0 Å². The van der Waals surface area contributed by atoms with Gasteiger partial charge >= 0.3 is 5.97 Å². The molecule has 1 fully saturated rings. The Kier molecular flexibility index (Phi) is 8.35. The van der Waals surface area contributed by atoms with Gasteiger partial charge in [-0.3, -0.25) is 14.4 Å². The Hall–Kier alpha value is -4.01. The molecule has 9 heteroatoms. The van der Waals surface area contributed by atoms with Crippen LogP contribution in [0.5, 0.6) is 17.2 Å². The average molecular weight is 484 g/mol. The number of carbonyl (C=O) groups is 3. The second kappa shape index (κ2) is 11.4. The van der Waals surface area contributed by atoms with E-state index in [4.69, 9.17) is 19.3 Å². The van der Waals surface area contributed by atoms with E-state index in [-0.39, 0.29) is 24.3 Å². The molecule has 0 aliphatic carbocycles. The lowest BCUT2D eigenvalue weighted by Gasteiger charge is -2.26. The summed E-state index contributed by atoms with van der Waals surface area (Å²) in [6, 6.07) is 10.7. The minimum absolute atomic E-state index is 0.0297. The Morgan fingerprint density at radius 1 is 0.886 bits per heavy atom. The molecule has 1 saturated heterocycles. The van der Waals surface area contributed by atoms with Gasteiger partial charge in [0.1, 0.15) is 11.5 Å². The predicted octanol–water partition coefficient (Wildman–Crippen LogP) is 3.78. The summed E-state index contributed by atoms with van der Waals surface area (Å²) in [6.07, 6.45) is 1.58. The third-order valence-electron chi connectivity index (χ3n) is 5.92. The molecule has 0 saturated carbocycles. The Labute approximate surface area is 203 Å². The summed E-state index contributed by atoms with van der Waals surface area (Å²) in [7, 11) is 4.51. The largest absolute Gasteiger partial charge is 0.507 e. The number of ketones is 1. The predicted molar refractivity (Wildman–Crippen MR) is 128 cm³/mol. The van der Waals surface area contributed by atoms with Crippen molar-refractivity contribution in [1.82, 2.24) is 4.90 Å². The minimum atomic E-state index is -0.879. The van der Waals surface area contributed by atoms with Gasteiger partial charge < -0.3 is 29.3 Å². The lowest BCUT2D eigenvalue weighted by atomic mass is 9.95. The van der Waals surface area contributed by atoms with Gasteiger partial charge in [0.2, 0.25) is 0 Å². The normalized spacial score (nSPS) is 16.9. The van der Waals surface area contributed by atoms with Gasteiger partial charge in [-0.2, -0.15) is 0 Å². The molecule has 3 rings (SSSR count). The molecule has 0 radical (unpaired) electrons. The average Bonchev–Trinajstić information content (AvgIpc) is 3.12. The van der Waals surface area contributed by atoms with Crippen LogP contribution in [0, 0.1) is 0 Å². The summed E-state index contributed by atoms with van der Waals surface area (Å²) >= 11 is 0. The Morgan fingerprint density at radius 2 is 1.57 bits per heavy atom. The van der Waals surface area contributed by atoms with Crippen LogP contribution >= 0.6 is 0 Å². The number of amides is 1. The number of hydrogen-bond donors (Lipinski definition) is 2. The molecule has 1 aliphatic rings. The van der Waals surface area contributed by atoms with Crippen molar-refractivity contribution in [1.29, 1.82) is 0 Å². The van der Waals surface area contributed by atoms with Gasteiger partial charge in [0.05, 0.1) is 32.9 Å². The van der Waals surface area contributed by atoms with Crippen molar-refractivity contribution in [2.45, 2.75) is 31.7 Å². The number of unbranched alkanes of at least 4 members (excludes halogenated alkanes) is 2. The van der Waals surface area contributed by atoms with Gasteiger partial charge in [-0.15, -0.1) is 0 Å². The van der Waals surface area contributed by atoms with Crippen LogP contribution in [-0.2, 0) is 14.4 Å². The zero-order chi connectivity index (χ0) is 25.5. The fourth-order valence-electron chi connectivity index (χ4n) is 4.12. The first-order valence-electron chi connectivity index (χ1n) is 11.2. The van der Waals surface area contributed by atoms with Crippen molar-refractivity contribution in [3.05, 3.63) is 59.2 Å². The monoisotopic (exact) mass is 483 g/mol. The minimum Gasteiger partial charge on any atom is -0.507 e. The third-order valence-corrected chi connectivity index (χ3v) is 5.92. The maximum atomic E-state index is 13.1. The Morgan fingerprint density at radius 3 is 2.17 bits per heavy atom. The first-order chi connectivity index (χ1) is 16.8. The molecular weight excluding hydrogens is 454 g/mol. The fourth-order valence-corrected chi connectivity index (χ4v) is 4.12. The van der Waals surface area contributed by atoms with Crippen molar-refractivity contribution >= 4 is 23.4 Å². The van der Waals surface area contributed by atoms with E-state index in [1.165, 1.54) is 26.2 Å². The number of hydrogen-bond acceptors (Lipinski definition) is 7. The maximum Gasteiger partial charge on any atom is 0.303 e. The Balaban J connectivity index is 2.04. The van der Waals surface area contributed by atoms with Gasteiger partial charge in [-0.05, 0) is 54.8 Å². The summed E-state index contributed by atoms with van der Waals surface area (Å²) in [6.45, 7) is 0.225. The zero-order valence-electron chi connectivity index (χ0n) is 19.9. The molecule has 1 aliphatic heterocycles. The molecule has 1 unspecified atom stereocenters. The number of benzene rings is 2. The second-order valence-corrected chi connectivity index (χ2v) is 8.04. The van der Waals surface area contributed by atoms with E-state index in [2.05, 4.69) is 0 Å². The number of aliphatic hydroxyl groups is 1. The van der Waals surface area contributed by atoms with Crippen molar-refractivity contribution in [3.8, 4) is 17.2 Å². The highest BCUT2D eigenvalue weighted by Crippen LogP contribution is 2.42. The Bertz CT molecular complexity index is 1120. The first kappa shape index (κ1) is 25.6. The number of carboxylic acid groups (broad SMARTS) is 1. The van der Waals surface area contributed by atoms with E-state index in [1.807, 2.05) is 0 Å². The molecular formula is C26H29NO8. The molecule has 0 spiro atoms. The third kappa shape index (κ3) is 5.56. The number of carboxylic acids is 1. The summed E-state index contributed by atoms with van der Waals surface area (Å²) in [5, 5.41) is 20.0. The van der Waals surface area contributed by atoms with Crippen LogP contribution in [0.15, 0.2) is 48.0 Å². The van der Waals surface area contributed by atoms with Crippen molar-refractivity contribution in [2.24, 2.45) is 0 Å².